The number of rotatable bonds is 5. The van der Waals surface area contributed by atoms with Gasteiger partial charge in [-0.1, -0.05) is 6.07 Å². The summed E-state index contributed by atoms with van der Waals surface area (Å²) in [6, 6.07) is 8.40. The van der Waals surface area contributed by atoms with Crippen molar-refractivity contribution < 1.29 is 24.2 Å². The molecule has 0 saturated heterocycles. The molecule has 10 heteroatoms. The summed E-state index contributed by atoms with van der Waals surface area (Å²) in [4.78, 5) is 43.8. The van der Waals surface area contributed by atoms with E-state index in [1.54, 1.807) is 0 Å². The quantitative estimate of drug-likeness (QED) is 0.498. The van der Waals surface area contributed by atoms with E-state index in [0.717, 1.165) is 18.2 Å². The smallest absolute Gasteiger partial charge is 0.337 e. The molecule has 0 bridgehead atoms. The number of esters is 1. The first kappa shape index (κ1) is 17.5. The number of non-ortho nitro benzene ring substituents is 2. The Labute approximate surface area is 140 Å². The lowest BCUT2D eigenvalue weighted by Gasteiger charge is -2.07. The van der Waals surface area contributed by atoms with Crippen molar-refractivity contribution in [3.63, 3.8) is 0 Å². The highest BCUT2D eigenvalue weighted by atomic mass is 16.6. The monoisotopic (exact) mass is 345 g/mol. The summed E-state index contributed by atoms with van der Waals surface area (Å²) in [5.41, 5.74) is -1.01. The summed E-state index contributed by atoms with van der Waals surface area (Å²) in [7, 11) is 1.20. The number of nitrogens with one attached hydrogen (secondary N) is 1. The Bertz CT molecular complexity index is 847. The van der Waals surface area contributed by atoms with Crippen LogP contribution >= 0.6 is 0 Å². The molecular formula is C15H11N3O7. The lowest BCUT2D eigenvalue weighted by molar-refractivity contribution is -0.394. The van der Waals surface area contributed by atoms with Crippen molar-refractivity contribution in [2.24, 2.45) is 0 Å². The Morgan fingerprint density at radius 3 is 2.08 bits per heavy atom. The molecule has 0 atom stereocenters. The minimum Gasteiger partial charge on any atom is -0.465 e. The molecule has 0 radical (unpaired) electrons. The Morgan fingerprint density at radius 1 is 0.960 bits per heavy atom. The van der Waals surface area contributed by atoms with Crippen LogP contribution in [0, 0.1) is 20.2 Å². The fourth-order valence-corrected chi connectivity index (χ4v) is 1.98. The van der Waals surface area contributed by atoms with Crippen LogP contribution in [0.15, 0.2) is 42.5 Å². The summed E-state index contributed by atoms with van der Waals surface area (Å²) >= 11 is 0. The number of ether oxygens (including phenoxy) is 1. The van der Waals surface area contributed by atoms with Crippen molar-refractivity contribution in [2.45, 2.75) is 0 Å². The number of nitro benzene ring substituents is 2. The molecule has 0 spiro atoms. The van der Waals surface area contributed by atoms with Gasteiger partial charge in [0, 0.05) is 17.8 Å². The van der Waals surface area contributed by atoms with Gasteiger partial charge in [-0.05, 0) is 18.2 Å². The van der Waals surface area contributed by atoms with Gasteiger partial charge in [0.1, 0.15) is 0 Å². The average Bonchev–Trinajstić information content (AvgIpc) is 2.60. The third-order valence-electron chi connectivity index (χ3n) is 3.13. The highest BCUT2D eigenvalue weighted by molar-refractivity contribution is 6.05. The minimum atomic E-state index is -0.832. The second-order valence-corrected chi connectivity index (χ2v) is 4.78. The van der Waals surface area contributed by atoms with E-state index < -0.39 is 33.1 Å². The first-order valence-corrected chi connectivity index (χ1v) is 6.75. The Kier molecular flexibility index (Phi) is 5.03. The highest BCUT2D eigenvalue weighted by Crippen LogP contribution is 2.23. The van der Waals surface area contributed by atoms with E-state index >= 15 is 0 Å². The topological polar surface area (TPSA) is 142 Å². The van der Waals surface area contributed by atoms with Crippen LogP contribution in [-0.4, -0.2) is 28.8 Å². The zero-order valence-electron chi connectivity index (χ0n) is 12.8. The van der Waals surface area contributed by atoms with Crippen LogP contribution < -0.4 is 5.32 Å². The number of benzene rings is 2. The normalized spacial score (nSPS) is 9.96. The lowest BCUT2D eigenvalue weighted by Crippen LogP contribution is -2.13. The minimum absolute atomic E-state index is 0.185. The van der Waals surface area contributed by atoms with Gasteiger partial charge in [0.15, 0.2) is 0 Å². The molecule has 10 nitrogen and oxygen atoms in total. The first-order valence-electron chi connectivity index (χ1n) is 6.75. The van der Waals surface area contributed by atoms with Gasteiger partial charge in [0.25, 0.3) is 17.3 Å². The summed E-state index contributed by atoms with van der Waals surface area (Å²) < 4.78 is 4.56. The second kappa shape index (κ2) is 7.17. The molecule has 0 saturated carbocycles. The molecule has 2 aromatic rings. The Balaban J connectivity index is 2.33. The predicted molar refractivity (Wildman–Crippen MR) is 85.5 cm³/mol. The Morgan fingerprint density at radius 2 is 1.56 bits per heavy atom. The number of methoxy groups -OCH3 is 1. The largest absolute Gasteiger partial charge is 0.465 e. The summed E-state index contributed by atoms with van der Waals surface area (Å²) in [5, 5.41) is 24.1. The number of hydrogen-bond acceptors (Lipinski definition) is 7. The van der Waals surface area contributed by atoms with Crippen LogP contribution in [0.25, 0.3) is 0 Å². The van der Waals surface area contributed by atoms with Gasteiger partial charge in [0.2, 0.25) is 0 Å². The number of carbonyl (C=O) groups excluding carboxylic acids is 2. The molecule has 0 aliphatic rings. The number of amides is 1. The number of anilines is 1. The van der Waals surface area contributed by atoms with Gasteiger partial charge in [0.05, 0.1) is 34.1 Å². The maximum Gasteiger partial charge on any atom is 0.337 e. The third kappa shape index (κ3) is 4.13. The van der Waals surface area contributed by atoms with Crippen molar-refractivity contribution in [3.8, 4) is 0 Å². The standard InChI is InChI=1S/C15H11N3O7/c1-25-15(20)9-3-2-4-11(5-9)16-14(19)10-6-12(17(21)22)8-13(7-10)18(23)24/h2-8H,1H3,(H,16,19). The number of nitrogens with zero attached hydrogens (tertiary/aromatic N) is 2. The van der Waals surface area contributed by atoms with Gasteiger partial charge < -0.3 is 10.1 Å². The maximum absolute atomic E-state index is 12.2. The van der Waals surface area contributed by atoms with E-state index in [1.807, 2.05) is 0 Å². The van der Waals surface area contributed by atoms with E-state index in [4.69, 9.17) is 0 Å². The SMILES string of the molecule is COC(=O)c1cccc(NC(=O)c2cc([N+](=O)[O-])cc([N+](=O)[O-])c2)c1. The van der Waals surface area contributed by atoms with Crippen molar-refractivity contribution in [3.05, 3.63) is 73.8 Å². The third-order valence-corrected chi connectivity index (χ3v) is 3.13. The van der Waals surface area contributed by atoms with E-state index in [1.165, 1.54) is 31.4 Å². The van der Waals surface area contributed by atoms with Gasteiger partial charge in [-0.2, -0.15) is 0 Å². The molecule has 0 aliphatic heterocycles. The average molecular weight is 345 g/mol. The Hall–Kier alpha value is -3.82. The summed E-state index contributed by atoms with van der Waals surface area (Å²) in [5.74, 6) is -1.41. The van der Waals surface area contributed by atoms with E-state index in [0.29, 0.717) is 0 Å². The molecule has 128 valence electrons. The zero-order valence-corrected chi connectivity index (χ0v) is 12.8. The van der Waals surface area contributed by atoms with Crippen LogP contribution in [0.2, 0.25) is 0 Å². The molecular weight excluding hydrogens is 334 g/mol. The molecule has 0 aromatic heterocycles. The predicted octanol–water partition coefficient (Wildman–Crippen LogP) is 2.54. The van der Waals surface area contributed by atoms with Gasteiger partial charge in [-0.25, -0.2) is 4.79 Å². The van der Waals surface area contributed by atoms with Crippen LogP contribution in [0.3, 0.4) is 0 Å². The van der Waals surface area contributed by atoms with Crippen molar-refractivity contribution >= 4 is 28.9 Å². The van der Waals surface area contributed by atoms with Crippen LogP contribution in [-0.2, 0) is 4.74 Å². The van der Waals surface area contributed by atoms with E-state index in [9.17, 15) is 29.8 Å². The number of hydrogen-bond donors (Lipinski definition) is 1. The van der Waals surface area contributed by atoms with Crippen LogP contribution in [0.5, 0.6) is 0 Å². The molecule has 0 fully saturated rings. The van der Waals surface area contributed by atoms with Gasteiger partial charge in [-0.15, -0.1) is 0 Å². The van der Waals surface area contributed by atoms with Crippen molar-refractivity contribution in [2.75, 3.05) is 12.4 Å². The molecule has 2 rings (SSSR count). The molecule has 0 unspecified atom stereocenters. The zero-order chi connectivity index (χ0) is 18.6. The van der Waals surface area contributed by atoms with Gasteiger partial charge >= 0.3 is 5.97 Å². The second-order valence-electron chi connectivity index (χ2n) is 4.78. The molecule has 0 aliphatic carbocycles. The summed E-state index contributed by atoms with van der Waals surface area (Å²) in [6.45, 7) is 0. The van der Waals surface area contributed by atoms with Crippen LogP contribution in [0.4, 0.5) is 17.1 Å². The lowest BCUT2D eigenvalue weighted by atomic mass is 10.1. The van der Waals surface area contributed by atoms with E-state index in [-0.39, 0.29) is 16.8 Å². The fourth-order valence-electron chi connectivity index (χ4n) is 1.98. The molecule has 1 amide bonds. The van der Waals surface area contributed by atoms with Crippen molar-refractivity contribution in [1.82, 2.24) is 0 Å². The summed E-state index contributed by atoms with van der Waals surface area (Å²) in [6.07, 6.45) is 0. The molecule has 1 N–H and O–H groups in total. The fraction of sp³-hybridized carbons (Fsp3) is 0.0667. The molecule has 0 heterocycles. The molecule has 2 aromatic carbocycles. The molecule has 25 heavy (non-hydrogen) atoms. The van der Waals surface area contributed by atoms with Crippen molar-refractivity contribution in [1.29, 1.82) is 0 Å². The maximum atomic E-state index is 12.2. The van der Waals surface area contributed by atoms with Crippen LogP contribution in [0.1, 0.15) is 20.7 Å². The van der Waals surface area contributed by atoms with Gasteiger partial charge in [-0.3, -0.25) is 25.0 Å². The number of nitro groups is 2. The first-order chi connectivity index (χ1) is 11.8. The number of carbonyl (C=O) groups is 2. The van der Waals surface area contributed by atoms with E-state index in [2.05, 4.69) is 10.1 Å². The highest BCUT2D eigenvalue weighted by Gasteiger charge is 2.20.